The topological polar surface area (TPSA) is 6.48 Å². The molecule has 0 aromatic heterocycles. The van der Waals surface area contributed by atoms with Gasteiger partial charge in [0.05, 0.1) is 6.17 Å². The fourth-order valence-electron chi connectivity index (χ4n) is 2.82. The molecule has 96 valence electrons. The summed E-state index contributed by atoms with van der Waals surface area (Å²) in [6, 6.07) is 0. The van der Waals surface area contributed by atoms with E-state index in [2.05, 4.69) is 30.6 Å². The zero-order valence-corrected chi connectivity index (χ0v) is 11.5. The summed E-state index contributed by atoms with van der Waals surface area (Å²) in [5, 5.41) is 0. The molecule has 0 saturated carbocycles. The van der Waals surface area contributed by atoms with Gasteiger partial charge in [0.25, 0.3) is 0 Å². The van der Waals surface area contributed by atoms with Crippen LogP contribution in [0.2, 0.25) is 0 Å². The van der Waals surface area contributed by atoms with Crippen LogP contribution < -0.4 is 0 Å². The van der Waals surface area contributed by atoms with E-state index >= 15 is 0 Å². The zero-order chi connectivity index (χ0) is 11.8. The molecule has 0 amide bonds. The van der Waals surface area contributed by atoms with Crippen LogP contribution in [0.25, 0.3) is 0 Å². The monoisotopic (exact) mass is 226 g/mol. The first-order chi connectivity index (χ1) is 7.83. The largest absolute Gasteiger partial charge is 0.288 e. The molecule has 2 rings (SSSR count). The summed E-state index contributed by atoms with van der Waals surface area (Å²) in [7, 11) is 0. The molecule has 2 aliphatic rings. The summed E-state index contributed by atoms with van der Waals surface area (Å²) in [5.41, 5.74) is 0. The molecule has 2 heterocycles. The Labute approximate surface area is 102 Å². The molecule has 0 aliphatic carbocycles. The van der Waals surface area contributed by atoms with Gasteiger partial charge in [-0.3, -0.25) is 9.80 Å². The Morgan fingerprint density at radius 1 is 0.875 bits per heavy atom. The normalized spacial score (nSPS) is 27.6. The Morgan fingerprint density at radius 3 is 2.25 bits per heavy atom. The molecule has 0 aromatic carbocycles. The molecule has 1 unspecified atom stereocenters. The summed E-state index contributed by atoms with van der Waals surface area (Å²) >= 11 is 0. The lowest BCUT2D eigenvalue weighted by Crippen LogP contribution is -2.53. The summed E-state index contributed by atoms with van der Waals surface area (Å²) in [6.07, 6.45) is 9.15. The van der Waals surface area contributed by atoms with Crippen LogP contribution in [0.5, 0.6) is 0 Å². The predicted octanol–water partition coefficient (Wildman–Crippen LogP) is 3.33. The minimum atomic E-state index is 0.793. The van der Waals surface area contributed by atoms with E-state index in [9.17, 15) is 0 Å². The van der Waals surface area contributed by atoms with E-state index in [0.29, 0.717) is 0 Å². The first-order valence-electron chi connectivity index (χ1n) is 7.31. The first-order valence-corrected chi connectivity index (χ1v) is 7.31. The number of rotatable bonds is 1. The molecule has 0 radical (unpaired) electrons. The van der Waals surface area contributed by atoms with Crippen molar-refractivity contribution in [3.8, 4) is 0 Å². The minimum absolute atomic E-state index is 0.793. The van der Waals surface area contributed by atoms with Crippen molar-refractivity contribution in [2.45, 2.75) is 65.5 Å². The maximum Gasteiger partial charge on any atom is 0.0622 e. The van der Waals surface area contributed by atoms with E-state index in [1.54, 1.807) is 0 Å². The summed E-state index contributed by atoms with van der Waals surface area (Å²) in [6.45, 7) is 11.8. The van der Waals surface area contributed by atoms with E-state index < -0.39 is 0 Å². The van der Waals surface area contributed by atoms with E-state index in [1.165, 1.54) is 64.7 Å². The second kappa shape index (κ2) is 8.08. The molecular weight excluding hydrogens is 196 g/mol. The van der Waals surface area contributed by atoms with Gasteiger partial charge in [-0.2, -0.15) is 0 Å². The Bertz CT molecular complexity index is 170. The SMILES string of the molecule is CCC.CCN1CCCN2CCCCCC12. The molecule has 2 aliphatic heterocycles. The van der Waals surface area contributed by atoms with Crippen LogP contribution >= 0.6 is 0 Å². The highest BCUT2D eigenvalue weighted by Gasteiger charge is 2.28. The van der Waals surface area contributed by atoms with Crippen LogP contribution in [0, 0.1) is 0 Å². The van der Waals surface area contributed by atoms with Crippen LogP contribution in [0.15, 0.2) is 0 Å². The lowest BCUT2D eigenvalue weighted by Gasteiger charge is -2.42. The Hall–Kier alpha value is -0.0800. The van der Waals surface area contributed by atoms with Crippen molar-refractivity contribution in [2.75, 3.05) is 26.2 Å². The first kappa shape index (κ1) is 14.0. The number of hydrogen-bond acceptors (Lipinski definition) is 2. The average molecular weight is 226 g/mol. The second-order valence-corrected chi connectivity index (χ2v) is 5.06. The van der Waals surface area contributed by atoms with Gasteiger partial charge in [0.2, 0.25) is 0 Å². The maximum absolute atomic E-state index is 2.71. The van der Waals surface area contributed by atoms with Crippen LogP contribution in [0.4, 0.5) is 0 Å². The summed E-state index contributed by atoms with van der Waals surface area (Å²) < 4.78 is 0. The lowest BCUT2D eigenvalue weighted by molar-refractivity contribution is 0.00889. The Morgan fingerprint density at radius 2 is 1.56 bits per heavy atom. The van der Waals surface area contributed by atoms with Crippen molar-refractivity contribution in [1.82, 2.24) is 9.80 Å². The van der Waals surface area contributed by atoms with Gasteiger partial charge < -0.3 is 0 Å². The lowest BCUT2D eigenvalue weighted by atomic mass is 10.1. The molecule has 0 spiro atoms. The fraction of sp³-hybridized carbons (Fsp3) is 1.00. The molecule has 2 fully saturated rings. The van der Waals surface area contributed by atoms with Gasteiger partial charge in [0.15, 0.2) is 0 Å². The van der Waals surface area contributed by atoms with Gasteiger partial charge in [0, 0.05) is 13.1 Å². The van der Waals surface area contributed by atoms with Gasteiger partial charge in [0.1, 0.15) is 0 Å². The number of hydrogen-bond donors (Lipinski definition) is 0. The van der Waals surface area contributed by atoms with Crippen LogP contribution in [0.1, 0.15) is 59.3 Å². The van der Waals surface area contributed by atoms with Crippen molar-refractivity contribution < 1.29 is 0 Å². The molecule has 2 nitrogen and oxygen atoms in total. The third-order valence-corrected chi connectivity index (χ3v) is 3.55. The van der Waals surface area contributed by atoms with Crippen molar-refractivity contribution >= 4 is 0 Å². The Kier molecular flexibility index (Phi) is 7.06. The molecular formula is C14H30N2. The van der Waals surface area contributed by atoms with Crippen molar-refractivity contribution in [1.29, 1.82) is 0 Å². The molecule has 0 N–H and O–H groups in total. The van der Waals surface area contributed by atoms with Crippen LogP contribution in [0.3, 0.4) is 0 Å². The third-order valence-electron chi connectivity index (χ3n) is 3.55. The van der Waals surface area contributed by atoms with Gasteiger partial charge in [-0.25, -0.2) is 0 Å². The highest BCUT2D eigenvalue weighted by molar-refractivity contribution is 4.80. The average Bonchev–Trinajstić information content (AvgIpc) is 2.54. The van der Waals surface area contributed by atoms with Crippen molar-refractivity contribution in [2.24, 2.45) is 0 Å². The summed E-state index contributed by atoms with van der Waals surface area (Å²) in [5.74, 6) is 0. The van der Waals surface area contributed by atoms with E-state index in [4.69, 9.17) is 0 Å². The van der Waals surface area contributed by atoms with E-state index in [1.807, 2.05) is 0 Å². The molecule has 2 heteroatoms. The van der Waals surface area contributed by atoms with Gasteiger partial charge >= 0.3 is 0 Å². The molecule has 0 aromatic rings. The maximum atomic E-state index is 2.71. The number of nitrogens with zero attached hydrogens (tertiary/aromatic N) is 2. The smallest absolute Gasteiger partial charge is 0.0622 e. The van der Waals surface area contributed by atoms with Gasteiger partial charge in [-0.05, 0) is 32.4 Å². The highest BCUT2D eigenvalue weighted by Crippen LogP contribution is 2.23. The quantitative estimate of drug-likeness (QED) is 0.676. The van der Waals surface area contributed by atoms with Crippen LogP contribution in [-0.2, 0) is 0 Å². The predicted molar refractivity (Wildman–Crippen MR) is 71.7 cm³/mol. The fourth-order valence-corrected chi connectivity index (χ4v) is 2.82. The van der Waals surface area contributed by atoms with Gasteiger partial charge in [-0.1, -0.05) is 40.0 Å². The molecule has 2 saturated heterocycles. The molecule has 1 atom stereocenters. The van der Waals surface area contributed by atoms with E-state index in [0.717, 1.165) is 6.17 Å². The molecule has 0 bridgehead atoms. The van der Waals surface area contributed by atoms with Crippen molar-refractivity contribution in [3.63, 3.8) is 0 Å². The standard InChI is InChI=1S/C11H22N2.C3H8/c1-2-12-9-6-10-13-8-5-3-4-7-11(12)13;1-3-2/h11H,2-10H2,1H3;3H2,1-2H3. The number of fused-ring (bicyclic) bond motifs is 1. The van der Waals surface area contributed by atoms with Crippen molar-refractivity contribution in [3.05, 3.63) is 0 Å². The van der Waals surface area contributed by atoms with E-state index in [-0.39, 0.29) is 0 Å². The second-order valence-electron chi connectivity index (χ2n) is 5.06. The molecule has 16 heavy (non-hydrogen) atoms. The highest BCUT2D eigenvalue weighted by atomic mass is 15.4. The Balaban J connectivity index is 0.000000386. The van der Waals surface area contributed by atoms with Crippen LogP contribution in [-0.4, -0.2) is 42.1 Å². The summed E-state index contributed by atoms with van der Waals surface area (Å²) in [4.78, 5) is 5.37. The zero-order valence-electron chi connectivity index (χ0n) is 11.5. The van der Waals surface area contributed by atoms with Gasteiger partial charge in [-0.15, -0.1) is 0 Å². The third kappa shape index (κ3) is 4.06. The minimum Gasteiger partial charge on any atom is -0.288 e.